The molecule has 0 radical (unpaired) electrons. The first-order valence-electron chi connectivity index (χ1n) is 9.16. The smallest absolute Gasteiger partial charge is 0.251 e. The lowest BCUT2D eigenvalue weighted by molar-refractivity contribution is -0.138. The minimum absolute atomic E-state index is 0.0341. The Kier molecular flexibility index (Phi) is 6.66. The molecule has 1 N–H and O–H groups in total. The summed E-state index contributed by atoms with van der Waals surface area (Å²) in [6.45, 7) is 1.86. The van der Waals surface area contributed by atoms with Gasteiger partial charge in [0.2, 0.25) is 11.8 Å². The summed E-state index contributed by atoms with van der Waals surface area (Å²) >= 11 is 5.86. The SMILES string of the molecule is O=C(NCC(=O)N1CCN(C(=O)Cc2ccc(Cl)cc2)CC1)c1ccccc1. The normalized spacial score (nSPS) is 13.9. The lowest BCUT2D eigenvalue weighted by atomic mass is 10.1. The molecule has 0 unspecified atom stereocenters. The number of hydrogen-bond acceptors (Lipinski definition) is 3. The van der Waals surface area contributed by atoms with E-state index in [2.05, 4.69) is 5.32 Å². The molecular formula is C21H22ClN3O3. The molecular weight excluding hydrogens is 378 g/mol. The molecule has 6 nitrogen and oxygen atoms in total. The molecule has 1 saturated heterocycles. The Morgan fingerprint density at radius 3 is 2.00 bits per heavy atom. The maximum Gasteiger partial charge on any atom is 0.251 e. The van der Waals surface area contributed by atoms with E-state index in [1.54, 1.807) is 46.2 Å². The second-order valence-electron chi connectivity index (χ2n) is 6.61. The van der Waals surface area contributed by atoms with Crippen molar-refractivity contribution in [3.8, 4) is 0 Å². The highest BCUT2D eigenvalue weighted by Gasteiger charge is 2.24. The predicted molar refractivity (Wildman–Crippen MR) is 107 cm³/mol. The van der Waals surface area contributed by atoms with Crippen molar-refractivity contribution in [3.05, 3.63) is 70.7 Å². The van der Waals surface area contributed by atoms with Crippen molar-refractivity contribution in [2.75, 3.05) is 32.7 Å². The standard InChI is InChI=1S/C21H22ClN3O3/c22-18-8-6-16(7-9-18)14-19(26)24-10-12-25(13-11-24)20(27)15-23-21(28)17-4-2-1-3-5-17/h1-9H,10-15H2,(H,23,28). The van der Waals surface area contributed by atoms with Crippen molar-refractivity contribution in [1.82, 2.24) is 15.1 Å². The number of benzene rings is 2. The van der Waals surface area contributed by atoms with E-state index in [1.807, 2.05) is 18.2 Å². The molecule has 2 aromatic rings. The second kappa shape index (κ2) is 9.37. The molecule has 0 aromatic heterocycles. The van der Waals surface area contributed by atoms with Gasteiger partial charge in [-0.05, 0) is 29.8 Å². The zero-order valence-electron chi connectivity index (χ0n) is 15.4. The van der Waals surface area contributed by atoms with E-state index in [9.17, 15) is 14.4 Å². The highest BCUT2D eigenvalue weighted by atomic mass is 35.5. The van der Waals surface area contributed by atoms with Crippen LogP contribution in [0.3, 0.4) is 0 Å². The third kappa shape index (κ3) is 5.33. The fraction of sp³-hybridized carbons (Fsp3) is 0.286. The maximum absolute atomic E-state index is 12.4. The van der Waals surface area contributed by atoms with Crippen molar-refractivity contribution in [3.63, 3.8) is 0 Å². The molecule has 1 aliphatic rings. The number of nitrogens with one attached hydrogen (secondary N) is 1. The van der Waals surface area contributed by atoms with Crippen molar-refractivity contribution in [2.45, 2.75) is 6.42 Å². The van der Waals surface area contributed by atoms with E-state index in [-0.39, 0.29) is 24.3 Å². The molecule has 0 bridgehead atoms. The van der Waals surface area contributed by atoms with Crippen molar-refractivity contribution >= 4 is 29.3 Å². The Hall–Kier alpha value is -2.86. The minimum atomic E-state index is -0.272. The van der Waals surface area contributed by atoms with Gasteiger partial charge >= 0.3 is 0 Å². The molecule has 3 rings (SSSR count). The van der Waals surface area contributed by atoms with Crippen LogP contribution in [-0.4, -0.2) is 60.2 Å². The Morgan fingerprint density at radius 2 is 1.39 bits per heavy atom. The monoisotopic (exact) mass is 399 g/mol. The summed E-state index contributed by atoms with van der Waals surface area (Å²) in [4.78, 5) is 40.2. The van der Waals surface area contributed by atoms with Gasteiger partial charge in [-0.2, -0.15) is 0 Å². The molecule has 1 fully saturated rings. The fourth-order valence-electron chi connectivity index (χ4n) is 3.05. The van der Waals surface area contributed by atoms with Gasteiger partial charge in [0.25, 0.3) is 5.91 Å². The van der Waals surface area contributed by atoms with Crippen molar-refractivity contribution in [1.29, 1.82) is 0 Å². The quantitative estimate of drug-likeness (QED) is 0.835. The van der Waals surface area contributed by atoms with E-state index in [0.717, 1.165) is 5.56 Å². The largest absolute Gasteiger partial charge is 0.343 e. The topological polar surface area (TPSA) is 69.7 Å². The molecule has 1 aliphatic heterocycles. The van der Waals surface area contributed by atoms with Gasteiger partial charge in [0.1, 0.15) is 0 Å². The van der Waals surface area contributed by atoms with Gasteiger partial charge in [0, 0.05) is 36.8 Å². The summed E-state index contributed by atoms with van der Waals surface area (Å²) in [5.74, 6) is -0.383. The molecule has 146 valence electrons. The number of rotatable bonds is 5. The fourth-order valence-corrected chi connectivity index (χ4v) is 3.18. The summed E-state index contributed by atoms with van der Waals surface area (Å²) in [7, 11) is 0. The Balaban J connectivity index is 1.42. The lowest BCUT2D eigenvalue weighted by Gasteiger charge is -2.35. The van der Waals surface area contributed by atoms with Crippen LogP contribution in [0.2, 0.25) is 5.02 Å². The van der Waals surface area contributed by atoms with Crippen LogP contribution in [0.5, 0.6) is 0 Å². The maximum atomic E-state index is 12.4. The van der Waals surface area contributed by atoms with Crippen LogP contribution in [0, 0.1) is 0 Å². The van der Waals surface area contributed by atoms with Crippen LogP contribution in [0.15, 0.2) is 54.6 Å². The van der Waals surface area contributed by atoms with E-state index in [1.165, 1.54) is 0 Å². The molecule has 2 aromatic carbocycles. The number of carbonyl (C=O) groups is 3. The molecule has 28 heavy (non-hydrogen) atoms. The van der Waals surface area contributed by atoms with Gasteiger partial charge in [-0.25, -0.2) is 0 Å². The summed E-state index contributed by atoms with van der Waals surface area (Å²) in [6, 6.07) is 16.0. The molecule has 3 amide bonds. The summed E-state index contributed by atoms with van der Waals surface area (Å²) < 4.78 is 0. The third-order valence-corrected chi connectivity index (χ3v) is 4.94. The lowest BCUT2D eigenvalue weighted by Crippen LogP contribution is -2.52. The van der Waals surface area contributed by atoms with Gasteiger partial charge in [-0.15, -0.1) is 0 Å². The molecule has 1 heterocycles. The average molecular weight is 400 g/mol. The number of nitrogens with zero attached hydrogens (tertiary/aromatic N) is 2. The van der Waals surface area contributed by atoms with Gasteiger partial charge in [0.15, 0.2) is 0 Å². The third-order valence-electron chi connectivity index (χ3n) is 4.69. The van der Waals surface area contributed by atoms with Crippen LogP contribution in [0.4, 0.5) is 0 Å². The summed E-state index contributed by atoms with van der Waals surface area (Å²) in [5.41, 5.74) is 1.43. The van der Waals surface area contributed by atoms with Crippen LogP contribution < -0.4 is 5.32 Å². The second-order valence-corrected chi connectivity index (χ2v) is 7.05. The van der Waals surface area contributed by atoms with Crippen LogP contribution >= 0.6 is 11.6 Å². The highest BCUT2D eigenvalue weighted by molar-refractivity contribution is 6.30. The number of carbonyl (C=O) groups excluding carboxylic acids is 3. The Labute approximate surface area is 169 Å². The van der Waals surface area contributed by atoms with Crippen LogP contribution in [0.25, 0.3) is 0 Å². The van der Waals surface area contributed by atoms with E-state index >= 15 is 0 Å². The Bertz CT molecular complexity index is 832. The van der Waals surface area contributed by atoms with E-state index in [4.69, 9.17) is 11.6 Å². The highest BCUT2D eigenvalue weighted by Crippen LogP contribution is 2.12. The van der Waals surface area contributed by atoms with Crippen LogP contribution in [-0.2, 0) is 16.0 Å². The first-order chi connectivity index (χ1) is 13.5. The van der Waals surface area contributed by atoms with E-state index in [0.29, 0.717) is 43.2 Å². The van der Waals surface area contributed by atoms with E-state index < -0.39 is 0 Å². The predicted octanol–water partition coefficient (Wildman–Crippen LogP) is 1.98. The van der Waals surface area contributed by atoms with Crippen molar-refractivity contribution < 1.29 is 14.4 Å². The zero-order chi connectivity index (χ0) is 19.9. The van der Waals surface area contributed by atoms with Gasteiger partial charge in [-0.3, -0.25) is 14.4 Å². The molecule has 7 heteroatoms. The molecule has 0 aliphatic carbocycles. The first-order valence-corrected chi connectivity index (χ1v) is 9.54. The number of piperazine rings is 1. The van der Waals surface area contributed by atoms with Gasteiger partial charge < -0.3 is 15.1 Å². The van der Waals surface area contributed by atoms with Crippen LogP contribution in [0.1, 0.15) is 15.9 Å². The van der Waals surface area contributed by atoms with Gasteiger partial charge in [0.05, 0.1) is 13.0 Å². The zero-order valence-corrected chi connectivity index (χ0v) is 16.2. The Morgan fingerprint density at radius 1 is 0.821 bits per heavy atom. The summed E-state index contributed by atoms with van der Waals surface area (Å²) in [5, 5.41) is 3.29. The number of halogens is 1. The molecule has 0 saturated carbocycles. The van der Waals surface area contributed by atoms with Crippen molar-refractivity contribution in [2.24, 2.45) is 0 Å². The summed E-state index contributed by atoms with van der Waals surface area (Å²) in [6.07, 6.45) is 0.318. The first kappa shape index (κ1) is 19.9. The minimum Gasteiger partial charge on any atom is -0.343 e. The van der Waals surface area contributed by atoms with Gasteiger partial charge in [-0.1, -0.05) is 41.9 Å². The number of hydrogen-bond donors (Lipinski definition) is 1. The number of amides is 3. The molecule has 0 spiro atoms. The average Bonchev–Trinajstić information content (AvgIpc) is 2.74. The molecule has 0 atom stereocenters.